The van der Waals surface area contributed by atoms with E-state index in [1.165, 1.54) is 6.07 Å². The van der Waals surface area contributed by atoms with Gasteiger partial charge in [0, 0.05) is 6.07 Å². The van der Waals surface area contributed by atoms with Gasteiger partial charge in [-0.3, -0.25) is 0 Å². The molecular weight excluding hydrogens is 247 g/mol. The minimum absolute atomic E-state index is 0.595. The zero-order valence-electron chi connectivity index (χ0n) is 8.35. The zero-order valence-corrected chi connectivity index (χ0v) is 8.35. The summed E-state index contributed by atoms with van der Waals surface area (Å²) in [5, 5.41) is 8.52. The highest BCUT2D eigenvalue weighted by molar-refractivity contribution is 5.43. The molecule has 1 aromatic heterocycles. The molecular formula is C9H5F5N2O. The number of aromatic nitrogens is 1. The minimum atomic E-state index is -4.93. The fourth-order valence-corrected chi connectivity index (χ4v) is 1.12. The van der Waals surface area contributed by atoms with E-state index >= 15 is 0 Å². The molecule has 1 heterocycles. The Morgan fingerprint density at radius 3 is 2.35 bits per heavy atom. The molecule has 0 bridgehead atoms. The quantitative estimate of drug-likeness (QED) is 0.760. The average molecular weight is 252 g/mol. The number of rotatable bonds is 2. The highest BCUT2D eigenvalue weighted by atomic mass is 19.4. The van der Waals surface area contributed by atoms with Crippen LogP contribution in [0.15, 0.2) is 6.07 Å². The van der Waals surface area contributed by atoms with Gasteiger partial charge in [-0.2, -0.15) is 18.4 Å². The normalized spacial score (nSPS) is 11.4. The third kappa shape index (κ3) is 2.61. The van der Waals surface area contributed by atoms with Crippen LogP contribution in [0.5, 0.6) is 5.75 Å². The molecule has 0 aromatic carbocycles. The van der Waals surface area contributed by atoms with Gasteiger partial charge in [-0.25, -0.2) is 13.8 Å². The third-order valence-electron chi connectivity index (χ3n) is 1.83. The third-order valence-corrected chi connectivity index (χ3v) is 1.83. The molecule has 0 aliphatic carbocycles. The number of halogens is 5. The summed E-state index contributed by atoms with van der Waals surface area (Å²) >= 11 is 0. The summed E-state index contributed by atoms with van der Waals surface area (Å²) in [6.07, 6.45) is -8.19. The molecule has 17 heavy (non-hydrogen) atoms. The molecule has 0 saturated heterocycles. The molecule has 0 fully saturated rings. The summed E-state index contributed by atoms with van der Waals surface area (Å²) in [5.41, 5.74) is -3.43. The first-order valence-electron chi connectivity index (χ1n) is 4.15. The van der Waals surface area contributed by atoms with Crippen LogP contribution in [0.25, 0.3) is 0 Å². The summed E-state index contributed by atoms with van der Waals surface area (Å²) in [6.45, 7) is 0. The molecule has 0 radical (unpaired) electrons. The van der Waals surface area contributed by atoms with Crippen LogP contribution in [0.2, 0.25) is 0 Å². The molecule has 92 valence electrons. The van der Waals surface area contributed by atoms with Gasteiger partial charge >= 0.3 is 6.18 Å². The van der Waals surface area contributed by atoms with Crippen LogP contribution in [0.3, 0.4) is 0 Å². The lowest BCUT2D eigenvalue weighted by Gasteiger charge is -2.13. The van der Waals surface area contributed by atoms with Crippen LogP contribution in [-0.4, -0.2) is 12.1 Å². The number of ether oxygens (including phenoxy) is 1. The fourth-order valence-electron chi connectivity index (χ4n) is 1.12. The van der Waals surface area contributed by atoms with Crippen LogP contribution in [0.1, 0.15) is 23.4 Å². The first kappa shape index (κ1) is 13.2. The van der Waals surface area contributed by atoms with Crippen molar-refractivity contribution in [2.45, 2.75) is 12.6 Å². The minimum Gasteiger partial charge on any atom is -0.494 e. The van der Waals surface area contributed by atoms with E-state index in [0.29, 0.717) is 6.07 Å². The van der Waals surface area contributed by atoms with Crippen molar-refractivity contribution in [2.75, 3.05) is 7.11 Å². The standard InChI is InChI=1S/C9H5F5N2O/c1-17-5-2-4(3-15)6(8(10)11)16-7(5)9(12,13)14/h2,8H,1H3. The monoisotopic (exact) mass is 252 g/mol. The van der Waals surface area contributed by atoms with Gasteiger partial charge in [0.15, 0.2) is 11.4 Å². The maximum atomic E-state index is 12.4. The van der Waals surface area contributed by atoms with Gasteiger partial charge in [0.05, 0.1) is 12.7 Å². The van der Waals surface area contributed by atoms with Gasteiger partial charge in [0.25, 0.3) is 6.43 Å². The maximum absolute atomic E-state index is 12.4. The number of pyridine rings is 1. The zero-order chi connectivity index (χ0) is 13.2. The van der Waals surface area contributed by atoms with E-state index < -0.39 is 35.3 Å². The molecule has 0 atom stereocenters. The lowest BCUT2D eigenvalue weighted by Crippen LogP contribution is -2.13. The number of nitriles is 1. The van der Waals surface area contributed by atoms with Crippen LogP contribution in [0, 0.1) is 11.3 Å². The summed E-state index contributed by atoms with van der Waals surface area (Å²) in [7, 11) is 0.926. The topological polar surface area (TPSA) is 45.9 Å². The van der Waals surface area contributed by atoms with Gasteiger partial charge < -0.3 is 4.74 Å². The largest absolute Gasteiger partial charge is 0.494 e. The van der Waals surface area contributed by atoms with Crippen molar-refractivity contribution in [3.05, 3.63) is 23.0 Å². The predicted molar refractivity (Wildman–Crippen MR) is 45.5 cm³/mol. The van der Waals surface area contributed by atoms with Gasteiger partial charge in [-0.1, -0.05) is 0 Å². The Morgan fingerprint density at radius 2 is 2.00 bits per heavy atom. The molecule has 0 aliphatic heterocycles. The summed E-state index contributed by atoms with van der Waals surface area (Å²) in [6, 6.07) is 1.94. The van der Waals surface area contributed by atoms with Crippen LogP contribution >= 0.6 is 0 Å². The second-order valence-corrected chi connectivity index (χ2v) is 2.88. The Morgan fingerprint density at radius 1 is 1.41 bits per heavy atom. The van der Waals surface area contributed by atoms with Crippen molar-refractivity contribution in [1.29, 1.82) is 5.26 Å². The van der Waals surface area contributed by atoms with E-state index in [4.69, 9.17) is 5.26 Å². The van der Waals surface area contributed by atoms with E-state index in [-0.39, 0.29) is 0 Å². The molecule has 1 rings (SSSR count). The van der Waals surface area contributed by atoms with Crippen LogP contribution in [-0.2, 0) is 6.18 Å². The SMILES string of the molecule is COc1cc(C#N)c(C(F)F)nc1C(F)(F)F. The Hall–Kier alpha value is -1.91. The molecule has 0 spiro atoms. The molecule has 8 heteroatoms. The summed E-state index contributed by atoms with van der Waals surface area (Å²) in [4.78, 5) is 2.76. The number of hydrogen-bond acceptors (Lipinski definition) is 3. The van der Waals surface area contributed by atoms with Crippen molar-refractivity contribution in [3.8, 4) is 11.8 Å². The van der Waals surface area contributed by atoms with E-state index in [9.17, 15) is 22.0 Å². The Kier molecular flexibility index (Phi) is 3.50. The number of methoxy groups -OCH3 is 1. The number of hydrogen-bond donors (Lipinski definition) is 0. The van der Waals surface area contributed by atoms with Gasteiger partial charge in [-0.05, 0) is 0 Å². The molecule has 0 N–H and O–H groups in total. The van der Waals surface area contributed by atoms with Crippen LogP contribution in [0.4, 0.5) is 22.0 Å². The number of nitrogens with zero attached hydrogens (tertiary/aromatic N) is 2. The van der Waals surface area contributed by atoms with Crippen molar-refractivity contribution in [1.82, 2.24) is 4.98 Å². The summed E-state index contributed by atoms with van der Waals surface area (Å²) < 4.78 is 66.5. The lowest BCUT2D eigenvalue weighted by atomic mass is 10.1. The van der Waals surface area contributed by atoms with Crippen molar-refractivity contribution in [2.24, 2.45) is 0 Å². The second-order valence-electron chi connectivity index (χ2n) is 2.88. The first-order valence-corrected chi connectivity index (χ1v) is 4.15. The highest BCUT2D eigenvalue weighted by Gasteiger charge is 2.38. The maximum Gasteiger partial charge on any atom is 0.437 e. The highest BCUT2D eigenvalue weighted by Crippen LogP contribution is 2.37. The predicted octanol–water partition coefficient (Wildman–Crippen LogP) is 2.92. The van der Waals surface area contributed by atoms with Crippen molar-refractivity contribution in [3.63, 3.8) is 0 Å². The van der Waals surface area contributed by atoms with Crippen LogP contribution < -0.4 is 4.74 Å². The second kappa shape index (κ2) is 4.53. The van der Waals surface area contributed by atoms with Gasteiger partial charge in [-0.15, -0.1) is 0 Å². The van der Waals surface area contributed by atoms with E-state index in [1.54, 1.807) is 0 Å². The Balaban J connectivity index is 3.52. The summed E-state index contributed by atoms with van der Waals surface area (Å²) in [5.74, 6) is -0.765. The lowest BCUT2D eigenvalue weighted by molar-refractivity contribution is -0.142. The Bertz CT molecular complexity index is 464. The molecule has 0 amide bonds. The smallest absolute Gasteiger partial charge is 0.437 e. The van der Waals surface area contributed by atoms with Crippen molar-refractivity contribution < 1.29 is 26.7 Å². The van der Waals surface area contributed by atoms with E-state index in [2.05, 4.69) is 9.72 Å². The molecule has 1 aromatic rings. The average Bonchev–Trinajstić information content (AvgIpc) is 2.25. The fraction of sp³-hybridized carbons (Fsp3) is 0.333. The van der Waals surface area contributed by atoms with Gasteiger partial charge in [0.1, 0.15) is 11.8 Å². The molecule has 0 saturated carbocycles. The number of alkyl halides is 5. The Labute approximate surface area is 92.4 Å². The van der Waals surface area contributed by atoms with Crippen molar-refractivity contribution >= 4 is 0 Å². The van der Waals surface area contributed by atoms with E-state index in [0.717, 1.165) is 7.11 Å². The first-order chi connectivity index (χ1) is 7.81. The molecule has 3 nitrogen and oxygen atoms in total. The van der Waals surface area contributed by atoms with Gasteiger partial charge in [0.2, 0.25) is 0 Å². The van der Waals surface area contributed by atoms with E-state index in [1.807, 2.05) is 0 Å². The molecule has 0 aliphatic rings. The molecule has 0 unspecified atom stereocenters.